The van der Waals surface area contributed by atoms with Gasteiger partial charge in [0.05, 0.1) is 5.71 Å². The Hall–Kier alpha value is -1.74. The molecule has 0 aliphatic rings. The molecule has 0 heterocycles. The van der Waals surface area contributed by atoms with Gasteiger partial charge in [0.25, 0.3) is 0 Å². The van der Waals surface area contributed by atoms with Gasteiger partial charge in [0.15, 0.2) is 0 Å². The summed E-state index contributed by atoms with van der Waals surface area (Å²) in [5.74, 6) is 0. The van der Waals surface area contributed by atoms with E-state index < -0.39 is 0 Å². The maximum absolute atomic E-state index is 4.99. The summed E-state index contributed by atoms with van der Waals surface area (Å²) >= 11 is 9.93. The van der Waals surface area contributed by atoms with Crippen LogP contribution in [0, 0.1) is 0 Å². The number of anilines is 1. The van der Waals surface area contributed by atoms with E-state index in [1.165, 1.54) is 0 Å². The van der Waals surface area contributed by atoms with Gasteiger partial charge in [0, 0.05) is 32.4 Å². The molecule has 0 fully saturated rings. The predicted octanol–water partition coefficient (Wildman–Crippen LogP) is 1.05. The number of nitrogens with one attached hydrogen (secondary N) is 3. The summed E-state index contributed by atoms with van der Waals surface area (Å²) in [7, 11) is 5.22. The molecule has 7 nitrogen and oxygen atoms in total. The maximum Gasteiger partial charge on any atom is 2.00 e. The zero-order valence-electron chi connectivity index (χ0n) is 13.7. The molecular weight excluding hydrogens is 394 g/mol. The third-order valence-corrected chi connectivity index (χ3v) is 3.32. The molecule has 10 heteroatoms. The van der Waals surface area contributed by atoms with E-state index in [9.17, 15) is 0 Å². The second kappa shape index (κ2) is 11.7. The van der Waals surface area contributed by atoms with Gasteiger partial charge in [-0.15, -0.1) is 5.10 Å². The van der Waals surface area contributed by atoms with E-state index in [2.05, 4.69) is 36.4 Å². The van der Waals surface area contributed by atoms with Gasteiger partial charge in [0.1, 0.15) is 5.71 Å². The Balaban J connectivity index is 0.00000529. The van der Waals surface area contributed by atoms with Crippen molar-refractivity contribution in [3.05, 3.63) is 29.8 Å². The third-order valence-electron chi connectivity index (χ3n) is 2.75. The summed E-state index contributed by atoms with van der Waals surface area (Å²) in [6, 6.07) is 7.70. The van der Waals surface area contributed by atoms with E-state index >= 15 is 0 Å². The van der Waals surface area contributed by atoms with Crippen LogP contribution in [0.15, 0.2) is 44.7 Å². The molecule has 1 aromatic carbocycles. The second-order valence-electron chi connectivity index (χ2n) is 4.27. The first kappa shape index (κ1) is 22.3. The fourth-order valence-corrected chi connectivity index (χ4v) is 1.58. The van der Waals surface area contributed by atoms with Crippen LogP contribution in [0.4, 0.5) is 5.69 Å². The Labute approximate surface area is 163 Å². The first-order chi connectivity index (χ1) is 11.0. The SMILES string of the molecule is CN/C([S-])=N/N=C(C)/C(=N/N=C(\[S-])NC)c1ccc(NC)cc1.[Cu+2]. The van der Waals surface area contributed by atoms with Gasteiger partial charge >= 0.3 is 17.1 Å². The maximum atomic E-state index is 4.99. The van der Waals surface area contributed by atoms with Crippen LogP contribution in [0.1, 0.15) is 12.5 Å². The van der Waals surface area contributed by atoms with Crippen LogP contribution in [0.3, 0.4) is 0 Å². The molecule has 0 amide bonds. The molecule has 0 aromatic heterocycles. The van der Waals surface area contributed by atoms with Crippen molar-refractivity contribution < 1.29 is 17.1 Å². The van der Waals surface area contributed by atoms with Crippen LogP contribution >= 0.6 is 0 Å². The Morgan fingerprint density at radius 1 is 0.833 bits per heavy atom. The fraction of sp³-hybridized carbons (Fsp3) is 0.286. The minimum absolute atomic E-state index is 0. The number of amidine groups is 2. The Bertz CT molecular complexity index is 639. The van der Waals surface area contributed by atoms with E-state index in [1.807, 2.05) is 31.3 Å². The van der Waals surface area contributed by atoms with E-state index in [-0.39, 0.29) is 27.4 Å². The molecule has 133 valence electrons. The van der Waals surface area contributed by atoms with Gasteiger partial charge in [-0.25, -0.2) is 0 Å². The number of benzene rings is 1. The zero-order chi connectivity index (χ0) is 17.2. The average molecular weight is 413 g/mol. The molecule has 0 bridgehead atoms. The molecule has 0 unspecified atom stereocenters. The minimum atomic E-state index is 0. The van der Waals surface area contributed by atoms with Gasteiger partial charge in [-0.05, 0) is 29.4 Å². The monoisotopic (exact) mass is 412 g/mol. The Morgan fingerprint density at radius 2 is 1.33 bits per heavy atom. The fourth-order valence-electron chi connectivity index (χ4n) is 1.50. The van der Waals surface area contributed by atoms with Gasteiger partial charge < -0.3 is 41.2 Å². The largest absolute Gasteiger partial charge is 2.00 e. The summed E-state index contributed by atoms with van der Waals surface area (Å²) in [5, 5.41) is 25.2. The van der Waals surface area contributed by atoms with Crippen LogP contribution in [0.5, 0.6) is 0 Å². The summed E-state index contributed by atoms with van der Waals surface area (Å²) in [4.78, 5) is 0. The first-order valence-electron chi connectivity index (χ1n) is 6.77. The van der Waals surface area contributed by atoms with Crippen molar-refractivity contribution in [2.24, 2.45) is 20.4 Å². The van der Waals surface area contributed by atoms with Gasteiger partial charge in [-0.2, -0.15) is 15.3 Å². The topological polar surface area (TPSA) is 85.5 Å². The van der Waals surface area contributed by atoms with Gasteiger partial charge in [-0.3, -0.25) is 0 Å². The van der Waals surface area contributed by atoms with Crippen molar-refractivity contribution >= 4 is 52.7 Å². The number of hydrogen-bond donors (Lipinski definition) is 3. The molecule has 0 saturated heterocycles. The molecule has 0 spiro atoms. The zero-order valence-corrected chi connectivity index (χ0v) is 16.3. The predicted molar refractivity (Wildman–Crippen MR) is 103 cm³/mol. The molecule has 0 atom stereocenters. The first-order valence-corrected chi connectivity index (χ1v) is 7.59. The molecule has 1 rings (SSSR count). The standard InChI is InChI=1S/C14H21N7S2.Cu/c1-9(18-20-13(22)16-3)12(19-21-14(23)17-4)10-5-7-11(15-2)8-6-10;/h5-8,15H,1-4H3,(H2,16,20,22)(H2,17,21,23);/q;+2/p-2/b18-9+,19-12-;. The molecule has 24 heavy (non-hydrogen) atoms. The molecule has 1 radical (unpaired) electrons. The molecule has 3 N–H and O–H groups in total. The molecule has 1 aromatic rings. The van der Waals surface area contributed by atoms with Crippen molar-refractivity contribution in [2.45, 2.75) is 6.92 Å². The van der Waals surface area contributed by atoms with E-state index in [0.717, 1.165) is 11.3 Å². The average Bonchev–Trinajstić information content (AvgIpc) is 2.59. The summed E-state index contributed by atoms with van der Waals surface area (Å²) in [6.07, 6.45) is 0. The van der Waals surface area contributed by atoms with Crippen molar-refractivity contribution in [2.75, 3.05) is 26.5 Å². The normalized spacial score (nSPS) is 13.2. The minimum Gasteiger partial charge on any atom is -0.741 e. The van der Waals surface area contributed by atoms with Crippen LogP contribution in [0.2, 0.25) is 0 Å². The Morgan fingerprint density at radius 3 is 1.79 bits per heavy atom. The van der Waals surface area contributed by atoms with Crippen LogP contribution in [-0.4, -0.2) is 42.9 Å². The van der Waals surface area contributed by atoms with Crippen molar-refractivity contribution in [1.29, 1.82) is 0 Å². The number of nitrogens with zero attached hydrogens (tertiary/aromatic N) is 4. The van der Waals surface area contributed by atoms with E-state index in [4.69, 9.17) is 25.3 Å². The van der Waals surface area contributed by atoms with Gasteiger partial charge in [0.2, 0.25) is 0 Å². The number of hydrogen-bond acceptors (Lipinski definition) is 7. The summed E-state index contributed by atoms with van der Waals surface area (Å²) < 4.78 is 0. The molecule has 0 saturated carbocycles. The summed E-state index contributed by atoms with van der Waals surface area (Å²) in [6.45, 7) is 1.78. The van der Waals surface area contributed by atoms with Crippen molar-refractivity contribution in [1.82, 2.24) is 10.6 Å². The summed E-state index contributed by atoms with van der Waals surface area (Å²) in [5.41, 5.74) is 2.97. The van der Waals surface area contributed by atoms with Crippen LogP contribution in [-0.2, 0) is 42.3 Å². The smallest absolute Gasteiger partial charge is 0.741 e. The van der Waals surface area contributed by atoms with Crippen LogP contribution in [0.25, 0.3) is 0 Å². The quantitative estimate of drug-likeness (QED) is 0.221. The van der Waals surface area contributed by atoms with Crippen molar-refractivity contribution in [3.63, 3.8) is 0 Å². The Kier molecular flexibility index (Phi) is 10.9. The van der Waals surface area contributed by atoms with Crippen LogP contribution < -0.4 is 16.0 Å². The molecular formula is C14H19CuN7S2. The molecule has 0 aliphatic carbocycles. The van der Waals surface area contributed by atoms with E-state index in [1.54, 1.807) is 21.0 Å². The third kappa shape index (κ3) is 7.22. The van der Waals surface area contributed by atoms with E-state index in [0.29, 0.717) is 11.4 Å². The number of rotatable bonds is 5. The molecule has 0 aliphatic heterocycles. The van der Waals surface area contributed by atoms with Gasteiger partial charge in [-0.1, -0.05) is 12.1 Å². The second-order valence-corrected chi connectivity index (χ2v) is 5.05. The van der Waals surface area contributed by atoms with Crippen molar-refractivity contribution in [3.8, 4) is 0 Å².